The van der Waals surface area contributed by atoms with E-state index < -0.39 is 0 Å². The normalized spacial score (nSPS) is 11.2. The van der Waals surface area contributed by atoms with Gasteiger partial charge in [-0.25, -0.2) is 4.52 Å². The summed E-state index contributed by atoms with van der Waals surface area (Å²) in [5.41, 5.74) is 6.79. The molecule has 0 bridgehead atoms. The molecule has 4 heterocycles. The topological polar surface area (TPSA) is 48.0 Å². The molecule has 5 nitrogen and oxygen atoms in total. The van der Waals surface area contributed by atoms with Gasteiger partial charge in [0.25, 0.3) is 0 Å². The van der Waals surface area contributed by atoms with E-state index in [4.69, 9.17) is 11.6 Å². The van der Waals surface area contributed by atoms with Gasteiger partial charge in [-0.15, -0.1) is 0 Å². The molecule has 4 aromatic rings. The smallest absolute Gasteiger partial charge is 0.0747 e. The minimum atomic E-state index is 0.600. The summed E-state index contributed by atoms with van der Waals surface area (Å²) in [5.74, 6) is 0. The molecule has 0 aromatic carbocycles. The number of nitrogens with zero attached hydrogens (tertiary/aromatic N) is 5. The molecule has 6 heteroatoms. The standard InChI is InChI=1S/C19H16ClN5/c1-12(17-7-16(20)9-21-13(17)2)14-4-5-25-19(6-14)18(10-23-25)15-8-22-24(3)11-15/h4-11H,1H2,2-3H3. The van der Waals surface area contributed by atoms with Crippen molar-refractivity contribution in [2.24, 2.45) is 7.05 Å². The number of hydrogen-bond donors (Lipinski definition) is 0. The Kier molecular flexibility index (Phi) is 3.66. The van der Waals surface area contributed by atoms with Crippen molar-refractivity contribution in [2.45, 2.75) is 6.92 Å². The van der Waals surface area contributed by atoms with Crippen LogP contribution in [0.3, 0.4) is 0 Å². The van der Waals surface area contributed by atoms with Crippen LogP contribution >= 0.6 is 11.6 Å². The summed E-state index contributed by atoms with van der Waals surface area (Å²) in [6, 6.07) is 5.97. The molecule has 0 N–H and O–H groups in total. The fourth-order valence-corrected chi connectivity index (χ4v) is 3.08. The third-order valence-corrected chi connectivity index (χ3v) is 4.47. The van der Waals surface area contributed by atoms with Crippen molar-refractivity contribution >= 4 is 22.7 Å². The van der Waals surface area contributed by atoms with Gasteiger partial charge in [-0.2, -0.15) is 10.2 Å². The molecule has 0 aliphatic heterocycles. The number of aryl methyl sites for hydroxylation is 2. The van der Waals surface area contributed by atoms with Crippen molar-refractivity contribution in [1.29, 1.82) is 0 Å². The van der Waals surface area contributed by atoms with Crippen molar-refractivity contribution in [3.63, 3.8) is 0 Å². The van der Waals surface area contributed by atoms with E-state index in [1.807, 2.05) is 55.4 Å². The predicted molar refractivity (Wildman–Crippen MR) is 99.5 cm³/mol. The largest absolute Gasteiger partial charge is 0.275 e. The highest BCUT2D eigenvalue weighted by atomic mass is 35.5. The average Bonchev–Trinajstić information content (AvgIpc) is 3.21. The first kappa shape index (κ1) is 15.6. The SMILES string of the molecule is C=C(c1ccn2ncc(-c3cnn(C)c3)c2c1)c1cc(Cl)cnc1C. The molecule has 0 spiro atoms. The zero-order valence-electron chi connectivity index (χ0n) is 13.9. The monoisotopic (exact) mass is 349 g/mol. The van der Waals surface area contributed by atoms with Gasteiger partial charge in [-0.3, -0.25) is 9.67 Å². The number of fused-ring (bicyclic) bond motifs is 1. The van der Waals surface area contributed by atoms with Crippen molar-refractivity contribution in [2.75, 3.05) is 0 Å². The van der Waals surface area contributed by atoms with Gasteiger partial charge >= 0.3 is 0 Å². The summed E-state index contributed by atoms with van der Waals surface area (Å²) in [5, 5.41) is 9.27. The lowest BCUT2D eigenvalue weighted by atomic mass is 9.98. The van der Waals surface area contributed by atoms with Crippen LogP contribution in [0, 0.1) is 6.92 Å². The Bertz CT molecular complexity index is 1110. The molecule has 4 rings (SSSR count). The Morgan fingerprint density at radius 3 is 2.76 bits per heavy atom. The lowest BCUT2D eigenvalue weighted by molar-refractivity contribution is 0.768. The lowest BCUT2D eigenvalue weighted by Gasteiger charge is -2.10. The maximum Gasteiger partial charge on any atom is 0.0747 e. The Balaban J connectivity index is 1.83. The minimum absolute atomic E-state index is 0.600. The van der Waals surface area contributed by atoms with E-state index in [1.54, 1.807) is 10.9 Å². The van der Waals surface area contributed by atoms with Gasteiger partial charge in [-0.05, 0) is 36.3 Å². The molecule has 0 atom stereocenters. The third-order valence-electron chi connectivity index (χ3n) is 4.26. The second-order valence-electron chi connectivity index (χ2n) is 5.97. The molecular formula is C19H16ClN5. The van der Waals surface area contributed by atoms with Crippen LogP contribution in [0.25, 0.3) is 22.2 Å². The number of pyridine rings is 2. The zero-order valence-corrected chi connectivity index (χ0v) is 14.7. The molecule has 25 heavy (non-hydrogen) atoms. The maximum absolute atomic E-state index is 6.11. The number of aromatic nitrogens is 5. The van der Waals surface area contributed by atoms with Gasteiger partial charge in [0.1, 0.15) is 0 Å². The van der Waals surface area contributed by atoms with Crippen molar-refractivity contribution in [3.05, 3.63) is 77.6 Å². The maximum atomic E-state index is 6.11. The van der Waals surface area contributed by atoms with Crippen LogP contribution in [0.4, 0.5) is 0 Å². The van der Waals surface area contributed by atoms with E-state index in [9.17, 15) is 0 Å². The highest BCUT2D eigenvalue weighted by Gasteiger charge is 2.12. The van der Waals surface area contributed by atoms with Crippen LogP contribution in [0.15, 0.2) is 55.8 Å². The van der Waals surface area contributed by atoms with Crippen LogP contribution in [0.2, 0.25) is 5.02 Å². The van der Waals surface area contributed by atoms with Crippen LogP contribution in [-0.2, 0) is 7.05 Å². The van der Waals surface area contributed by atoms with E-state index in [0.717, 1.165) is 39.0 Å². The fourth-order valence-electron chi connectivity index (χ4n) is 2.92. The first-order valence-corrected chi connectivity index (χ1v) is 8.19. The second-order valence-corrected chi connectivity index (χ2v) is 6.41. The summed E-state index contributed by atoms with van der Waals surface area (Å²) >= 11 is 6.11. The summed E-state index contributed by atoms with van der Waals surface area (Å²) in [6.45, 7) is 6.20. The summed E-state index contributed by atoms with van der Waals surface area (Å²) < 4.78 is 3.63. The van der Waals surface area contributed by atoms with Gasteiger partial charge in [0.05, 0.1) is 22.9 Å². The molecule has 0 saturated carbocycles. The Morgan fingerprint density at radius 2 is 2.00 bits per heavy atom. The molecule has 0 radical (unpaired) electrons. The van der Waals surface area contributed by atoms with E-state index >= 15 is 0 Å². The van der Waals surface area contributed by atoms with Gasteiger partial charge < -0.3 is 0 Å². The van der Waals surface area contributed by atoms with Gasteiger partial charge in [0, 0.05) is 48.0 Å². The molecule has 4 aromatic heterocycles. The molecule has 0 unspecified atom stereocenters. The first-order valence-electron chi connectivity index (χ1n) is 7.81. The second kappa shape index (κ2) is 5.86. The highest BCUT2D eigenvalue weighted by Crippen LogP contribution is 2.29. The van der Waals surface area contributed by atoms with Gasteiger partial charge in [0.2, 0.25) is 0 Å². The summed E-state index contributed by atoms with van der Waals surface area (Å²) in [6.07, 6.45) is 9.25. The number of halogens is 1. The lowest BCUT2D eigenvalue weighted by Crippen LogP contribution is -1.95. The zero-order chi connectivity index (χ0) is 17.6. The predicted octanol–water partition coefficient (Wildman–Crippen LogP) is 4.15. The van der Waals surface area contributed by atoms with Gasteiger partial charge in [0.15, 0.2) is 0 Å². The molecular weight excluding hydrogens is 334 g/mol. The van der Waals surface area contributed by atoms with E-state index in [1.165, 1.54) is 0 Å². The third kappa shape index (κ3) is 2.72. The van der Waals surface area contributed by atoms with E-state index in [2.05, 4.69) is 27.8 Å². The Labute approximate surface area is 150 Å². The van der Waals surface area contributed by atoms with Crippen LogP contribution in [0.1, 0.15) is 16.8 Å². The molecule has 0 amide bonds. The number of rotatable bonds is 3. The molecule has 0 aliphatic rings. The molecule has 0 saturated heterocycles. The molecule has 124 valence electrons. The quantitative estimate of drug-likeness (QED) is 0.558. The average molecular weight is 350 g/mol. The van der Waals surface area contributed by atoms with Gasteiger partial charge in [-0.1, -0.05) is 18.2 Å². The van der Waals surface area contributed by atoms with Crippen LogP contribution in [0.5, 0.6) is 0 Å². The fraction of sp³-hybridized carbons (Fsp3) is 0.105. The van der Waals surface area contributed by atoms with Crippen LogP contribution in [-0.4, -0.2) is 24.4 Å². The molecule has 0 fully saturated rings. The minimum Gasteiger partial charge on any atom is -0.275 e. The Hall–Kier alpha value is -2.92. The first-order chi connectivity index (χ1) is 12.0. The van der Waals surface area contributed by atoms with Crippen molar-refractivity contribution in [1.82, 2.24) is 24.4 Å². The number of hydrogen-bond acceptors (Lipinski definition) is 3. The highest BCUT2D eigenvalue weighted by molar-refractivity contribution is 6.30. The molecule has 0 aliphatic carbocycles. The summed E-state index contributed by atoms with van der Waals surface area (Å²) in [7, 11) is 1.90. The van der Waals surface area contributed by atoms with E-state index in [0.29, 0.717) is 5.02 Å². The van der Waals surface area contributed by atoms with Crippen LogP contribution < -0.4 is 0 Å². The summed E-state index contributed by atoms with van der Waals surface area (Å²) in [4.78, 5) is 4.32. The van der Waals surface area contributed by atoms with E-state index in [-0.39, 0.29) is 0 Å². The van der Waals surface area contributed by atoms with Crippen molar-refractivity contribution in [3.8, 4) is 11.1 Å². The van der Waals surface area contributed by atoms with Crippen molar-refractivity contribution < 1.29 is 0 Å². The Morgan fingerprint density at radius 1 is 1.16 bits per heavy atom.